The third kappa shape index (κ3) is 3.29. The van der Waals surface area contributed by atoms with Crippen LogP contribution in [0.5, 0.6) is 0 Å². The molecule has 0 bridgehead atoms. The molecule has 0 aliphatic heterocycles. The Morgan fingerprint density at radius 2 is 1.29 bits per heavy atom. The highest BCUT2D eigenvalue weighted by Crippen LogP contribution is 2.52. The Morgan fingerprint density at radius 3 is 1.83 bits per heavy atom. The summed E-state index contributed by atoms with van der Waals surface area (Å²) in [4.78, 5) is 0. The molecule has 1 aliphatic rings. The van der Waals surface area contributed by atoms with Gasteiger partial charge in [-0.15, -0.1) is 0 Å². The van der Waals surface area contributed by atoms with Gasteiger partial charge in [-0.3, -0.25) is 0 Å². The van der Waals surface area contributed by atoms with E-state index in [0.717, 1.165) is 0 Å². The summed E-state index contributed by atoms with van der Waals surface area (Å²) >= 11 is 0. The first-order valence-electron chi connectivity index (χ1n) is 9.49. The van der Waals surface area contributed by atoms with E-state index in [-0.39, 0.29) is 10.8 Å². The molecule has 0 heterocycles. The van der Waals surface area contributed by atoms with Crippen LogP contribution in [-0.2, 0) is 10.8 Å². The van der Waals surface area contributed by atoms with Crippen molar-refractivity contribution in [2.45, 2.75) is 80.1 Å². The van der Waals surface area contributed by atoms with E-state index in [2.05, 4.69) is 77.9 Å². The van der Waals surface area contributed by atoms with Gasteiger partial charge in [-0.1, -0.05) is 98.7 Å². The molecule has 24 heavy (non-hydrogen) atoms. The number of hydrogen-bond acceptors (Lipinski definition) is 0. The van der Waals surface area contributed by atoms with Gasteiger partial charge in [0.1, 0.15) is 0 Å². The molecule has 2 aromatic rings. The minimum atomic E-state index is 0.0978. The van der Waals surface area contributed by atoms with Crippen molar-refractivity contribution in [1.82, 2.24) is 0 Å². The van der Waals surface area contributed by atoms with E-state index in [1.807, 2.05) is 27.7 Å². The summed E-state index contributed by atoms with van der Waals surface area (Å²) in [6.45, 7) is 22.0. The number of fused-ring (bicyclic) bond motifs is 3. The summed E-state index contributed by atoms with van der Waals surface area (Å²) in [5, 5.41) is 0. The van der Waals surface area contributed by atoms with E-state index in [1.165, 1.54) is 33.4 Å². The zero-order chi connectivity index (χ0) is 18.7. The van der Waals surface area contributed by atoms with Crippen LogP contribution < -0.4 is 0 Å². The molecule has 0 aromatic heterocycles. The molecule has 0 saturated heterocycles. The van der Waals surface area contributed by atoms with Crippen LogP contribution in [-0.4, -0.2) is 0 Å². The van der Waals surface area contributed by atoms with Crippen molar-refractivity contribution in [2.24, 2.45) is 0 Å². The third-order valence-electron chi connectivity index (χ3n) is 4.68. The van der Waals surface area contributed by atoms with Gasteiger partial charge in [-0.2, -0.15) is 0 Å². The Morgan fingerprint density at radius 1 is 0.750 bits per heavy atom. The maximum Gasteiger partial charge on any atom is 0.0161 e. The molecule has 1 aliphatic carbocycles. The Balaban J connectivity index is 0.000000671. The molecule has 0 amide bonds. The maximum atomic E-state index is 2.37. The van der Waals surface area contributed by atoms with E-state index in [0.29, 0.717) is 0 Å². The van der Waals surface area contributed by atoms with Gasteiger partial charge in [0.2, 0.25) is 0 Å². The van der Waals surface area contributed by atoms with Crippen molar-refractivity contribution in [3.8, 4) is 11.1 Å². The van der Waals surface area contributed by atoms with Gasteiger partial charge in [0.05, 0.1) is 0 Å². The molecule has 0 saturated carbocycles. The summed E-state index contributed by atoms with van der Waals surface area (Å²) in [6.07, 6.45) is 0. The van der Waals surface area contributed by atoms with Crippen LogP contribution in [0.4, 0.5) is 0 Å². The highest BCUT2D eigenvalue weighted by molar-refractivity contribution is 5.82. The topological polar surface area (TPSA) is 0 Å². The van der Waals surface area contributed by atoms with Crippen molar-refractivity contribution >= 4 is 0 Å². The lowest BCUT2D eigenvalue weighted by molar-refractivity contribution is 0.553. The number of benzene rings is 2. The molecule has 0 spiro atoms. The van der Waals surface area contributed by atoms with E-state index < -0.39 is 0 Å². The Kier molecular flexibility index (Phi) is 6.45. The molecular formula is C24H36. The van der Waals surface area contributed by atoms with Crippen LogP contribution >= 0.6 is 0 Å². The Hall–Kier alpha value is -1.56. The Bertz CT molecular complexity index is 682. The van der Waals surface area contributed by atoms with E-state index in [4.69, 9.17) is 0 Å². The highest BCUT2D eigenvalue weighted by atomic mass is 14.4. The SMILES string of the molecule is CC.CC.Cc1ccc2c(c1C(C)(C)C)C(C)(C)c1ccccc1-2. The zero-order valence-corrected chi connectivity index (χ0v) is 17.5. The Labute approximate surface area is 150 Å². The molecule has 0 radical (unpaired) electrons. The standard InChI is InChI=1S/C20H24.2C2H6/c1-13-11-12-15-14-9-7-8-10-16(14)20(5,6)18(15)17(13)19(2,3)4;2*1-2/h7-12H,1-6H3;2*1-2H3. The zero-order valence-electron chi connectivity index (χ0n) is 17.5. The summed E-state index contributed by atoms with van der Waals surface area (Å²) in [5.41, 5.74) is 9.06. The predicted octanol–water partition coefficient (Wildman–Crippen LogP) is 7.65. The minimum Gasteiger partial charge on any atom is -0.0683 e. The molecule has 0 unspecified atom stereocenters. The highest BCUT2D eigenvalue weighted by Gasteiger charge is 2.39. The molecule has 0 N–H and O–H groups in total. The molecular weight excluding hydrogens is 288 g/mol. The van der Waals surface area contributed by atoms with Gasteiger partial charge in [0.15, 0.2) is 0 Å². The fourth-order valence-corrected chi connectivity index (χ4v) is 3.94. The molecule has 132 valence electrons. The monoisotopic (exact) mass is 324 g/mol. The van der Waals surface area contributed by atoms with Crippen LogP contribution in [0.15, 0.2) is 36.4 Å². The first-order valence-corrected chi connectivity index (χ1v) is 9.49. The van der Waals surface area contributed by atoms with Crippen molar-refractivity contribution in [2.75, 3.05) is 0 Å². The molecule has 2 aromatic carbocycles. The van der Waals surface area contributed by atoms with Gasteiger partial charge in [0.25, 0.3) is 0 Å². The second-order valence-electron chi connectivity index (χ2n) is 7.60. The van der Waals surface area contributed by atoms with E-state index >= 15 is 0 Å². The second kappa shape index (κ2) is 7.55. The maximum absolute atomic E-state index is 2.37. The van der Waals surface area contributed by atoms with Crippen LogP contribution in [0.3, 0.4) is 0 Å². The van der Waals surface area contributed by atoms with E-state index in [1.54, 1.807) is 0 Å². The molecule has 0 atom stereocenters. The average molecular weight is 325 g/mol. The fraction of sp³-hybridized carbons (Fsp3) is 0.500. The number of aryl methyl sites for hydroxylation is 1. The van der Waals surface area contributed by atoms with Gasteiger partial charge in [-0.05, 0) is 45.7 Å². The lowest BCUT2D eigenvalue weighted by Gasteiger charge is -2.32. The molecule has 0 nitrogen and oxygen atoms in total. The number of rotatable bonds is 0. The molecule has 3 rings (SSSR count). The van der Waals surface area contributed by atoms with Gasteiger partial charge in [-0.25, -0.2) is 0 Å². The van der Waals surface area contributed by atoms with Crippen molar-refractivity contribution in [1.29, 1.82) is 0 Å². The van der Waals surface area contributed by atoms with Crippen LogP contribution in [0.2, 0.25) is 0 Å². The average Bonchev–Trinajstić information content (AvgIpc) is 2.79. The summed E-state index contributed by atoms with van der Waals surface area (Å²) in [5.74, 6) is 0. The predicted molar refractivity (Wildman–Crippen MR) is 110 cm³/mol. The summed E-state index contributed by atoms with van der Waals surface area (Å²) < 4.78 is 0. The molecule has 0 fully saturated rings. The third-order valence-corrected chi connectivity index (χ3v) is 4.68. The second-order valence-corrected chi connectivity index (χ2v) is 7.60. The fourth-order valence-electron chi connectivity index (χ4n) is 3.94. The van der Waals surface area contributed by atoms with Crippen LogP contribution in [0.25, 0.3) is 11.1 Å². The largest absolute Gasteiger partial charge is 0.0683 e. The first-order chi connectivity index (χ1) is 11.2. The number of hydrogen-bond donors (Lipinski definition) is 0. The minimum absolute atomic E-state index is 0.0978. The molecule has 0 heteroatoms. The van der Waals surface area contributed by atoms with E-state index in [9.17, 15) is 0 Å². The van der Waals surface area contributed by atoms with Crippen LogP contribution in [0, 0.1) is 6.92 Å². The lowest BCUT2D eigenvalue weighted by Crippen LogP contribution is -2.24. The van der Waals surface area contributed by atoms with Crippen molar-refractivity contribution < 1.29 is 0 Å². The van der Waals surface area contributed by atoms with Crippen molar-refractivity contribution in [3.63, 3.8) is 0 Å². The van der Waals surface area contributed by atoms with Crippen LogP contribution in [0.1, 0.15) is 84.6 Å². The van der Waals surface area contributed by atoms with Gasteiger partial charge < -0.3 is 0 Å². The van der Waals surface area contributed by atoms with Gasteiger partial charge in [0, 0.05) is 5.41 Å². The van der Waals surface area contributed by atoms with Crippen molar-refractivity contribution in [3.05, 3.63) is 58.7 Å². The summed E-state index contributed by atoms with van der Waals surface area (Å²) in [7, 11) is 0. The quantitative estimate of drug-likeness (QED) is 0.467. The first kappa shape index (κ1) is 20.5. The normalized spacial score (nSPS) is 13.8. The van der Waals surface area contributed by atoms with Gasteiger partial charge >= 0.3 is 0 Å². The smallest absolute Gasteiger partial charge is 0.0161 e. The lowest BCUT2D eigenvalue weighted by atomic mass is 9.72. The summed E-state index contributed by atoms with van der Waals surface area (Å²) in [6, 6.07) is 13.5.